The molecule has 0 radical (unpaired) electrons. The van der Waals surface area contributed by atoms with E-state index in [4.69, 9.17) is 0 Å². The summed E-state index contributed by atoms with van der Waals surface area (Å²) in [6.07, 6.45) is 0. The molecule has 1 heterocycles. The predicted molar refractivity (Wildman–Crippen MR) is 132 cm³/mol. The van der Waals surface area contributed by atoms with Crippen LogP contribution in [0.5, 0.6) is 0 Å². The van der Waals surface area contributed by atoms with E-state index in [-0.39, 0.29) is 0 Å². The monoisotopic (exact) mass is 443 g/mol. The normalized spacial score (nSPS) is 11.4. The first kappa shape index (κ1) is 21.6. The fourth-order valence-electron chi connectivity index (χ4n) is 3.84. The van der Waals surface area contributed by atoms with Crippen molar-refractivity contribution in [2.24, 2.45) is 0 Å². The second-order valence-electron chi connectivity index (χ2n) is 7.27. The van der Waals surface area contributed by atoms with Gasteiger partial charge in [0.1, 0.15) is 0 Å². The zero-order valence-corrected chi connectivity index (χ0v) is 19.1. The first-order chi connectivity index (χ1) is 15.2. The Morgan fingerprint density at radius 1 is 0.774 bits per heavy atom. The Kier molecular flexibility index (Phi) is 7.07. The minimum Gasteiger partial charge on any atom is -0.299 e. The van der Waals surface area contributed by atoms with Gasteiger partial charge in [0.15, 0.2) is 5.16 Å². The van der Waals surface area contributed by atoms with Crippen LogP contribution in [0.25, 0.3) is 0 Å². The van der Waals surface area contributed by atoms with Crippen molar-refractivity contribution in [3.63, 3.8) is 0 Å². The Balaban J connectivity index is 1.67. The number of rotatable bonds is 8. The molecule has 0 fully saturated rings. The maximum atomic E-state index is 4.52. The molecule has 31 heavy (non-hydrogen) atoms. The lowest BCUT2D eigenvalue weighted by Gasteiger charge is -2.37. The van der Waals surface area contributed by atoms with Crippen LogP contribution in [0.4, 0.5) is 0 Å². The fourth-order valence-corrected chi connectivity index (χ4v) is 4.95. The van der Waals surface area contributed by atoms with Gasteiger partial charge in [-0.25, -0.2) is 9.97 Å². The summed E-state index contributed by atoms with van der Waals surface area (Å²) in [5.41, 5.74) is 4.11. The zero-order chi connectivity index (χ0) is 21.5. The smallest absolute Gasteiger partial charge is 0.188 e. The molecule has 0 saturated carbocycles. The van der Waals surface area contributed by atoms with Crippen molar-refractivity contribution in [2.45, 2.75) is 22.6 Å². The van der Waals surface area contributed by atoms with Crippen molar-refractivity contribution in [1.29, 1.82) is 0 Å². The summed E-state index contributed by atoms with van der Waals surface area (Å²) in [5, 5.41) is 5.35. The SMILES string of the molecule is Cc1cc(S)nc(SCCNC(c2ccccc2)(c2ccccc2)c2ccccc2)n1. The van der Waals surface area contributed by atoms with Crippen LogP contribution in [0.15, 0.2) is 107 Å². The average Bonchev–Trinajstić information content (AvgIpc) is 2.80. The van der Waals surface area contributed by atoms with Gasteiger partial charge in [0.05, 0.1) is 10.6 Å². The van der Waals surface area contributed by atoms with Crippen molar-refractivity contribution >= 4 is 24.4 Å². The lowest BCUT2D eigenvalue weighted by atomic mass is 9.77. The number of aryl methyl sites for hydroxylation is 1. The lowest BCUT2D eigenvalue weighted by molar-refractivity contribution is 0.490. The average molecular weight is 444 g/mol. The molecule has 0 aliphatic carbocycles. The summed E-state index contributed by atoms with van der Waals surface area (Å²) in [6.45, 7) is 2.75. The molecular weight excluding hydrogens is 418 g/mol. The van der Waals surface area contributed by atoms with Crippen molar-refractivity contribution in [1.82, 2.24) is 15.3 Å². The zero-order valence-electron chi connectivity index (χ0n) is 17.4. The van der Waals surface area contributed by atoms with E-state index in [2.05, 4.69) is 119 Å². The maximum absolute atomic E-state index is 4.52. The fraction of sp³-hybridized carbons (Fsp3) is 0.154. The summed E-state index contributed by atoms with van der Waals surface area (Å²) in [7, 11) is 0. The Morgan fingerprint density at radius 3 is 1.71 bits per heavy atom. The second kappa shape index (κ2) is 10.1. The molecule has 4 rings (SSSR count). The first-order valence-corrected chi connectivity index (χ1v) is 11.7. The molecule has 1 aromatic heterocycles. The predicted octanol–water partition coefficient (Wildman–Crippen LogP) is 5.75. The Hall–Kier alpha value is -2.60. The number of benzene rings is 3. The quantitative estimate of drug-likeness (QED) is 0.0908. The topological polar surface area (TPSA) is 37.8 Å². The summed E-state index contributed by atoms with van der Waals surface area (Å²) in [6, 6.07) is 33.8. The molecule has 156 valence electrons. The molecule has 3 aromatic carbocycles. The molecule has 4 aromatic rings. The molecule has 0 amide bonds. The number of hydrogen-bond donors (Lipinski definition) is 2. The van der Waals surface area contributed by atoms with Gasteiger partial charge in [0.25, 0.3) is 0 Å². The molecule has 0 aliphatic rings. The van der Waals surface area contributed by atoms with Crippen LogP contribution >= 0.6 is 24.4 Å². The number of thiol groups is 1. The van der Waals surface area contributed by atoms with Gasteiger partial charge in [-0.1, -0.05) is 103 Å². The van der Waals surface area contributed by atoms with Gasteiger partial charge >= 0.3 is 0 Å². The van der Waals surface area contributed by atoms with E-state index in [1.165, 1.54) is 16.7 Å². The number of thioether (sulfide) groups is 1. The maximum Gasteiger partial charge on any atom is 0.188 e. The van der Waals surface area contributed by atoms with E-state index in [0.29, 0.717) is 5.03 Å². The Labute approximate surface area is 193 Å². The first-order valence-electron chi connectivity index (χ1n) is 10.3. The van der Waals surface area contributed by atoms with Gasteiger partial charge in [0, 0.05) is 18.0 Å². The molecule has 0 spiro atoms. The molecule has 1 N–H and O–H groups in total. The highest BCUT2D eigenvalue weighted by molar-refractivity contribution is 7.99. The van der Waals surface area contributed by atoms with Gasteiger partial charge in [-0.15, -0.1) is 12.6 Å². The number of hydrogen-bond acceptors (Lipinski definition) is 5. The van der Waals surface area contributed by atoms with E-state index in [0.717, 1.165) is 23.1 Å². The molecule has 5 heteroatoms. The Morgan fingerprint density at radius 2 is 1.26 bits per heavy atom. The van der Waals surface area contributed by atoms with Crippen molar-refractivity contribution in [2.75, 3.05) is 12.3 Å². The standard InChI is InChI=1S/C26H25N3S2/c1-20-19-24(30)29-25(28-20)31-18-17-27-26(21-11-5-2-6-12-21,22-13-7-3-8-14-22)23-15-9-4-10-16-23/h2-16,19,27H,17-18H2,1H3,(H,28,29,30). The van der Waals surface area contributed by atoms with Gasteiger partial charge in [-0.05, 0) is 29.7 Å². The van der Waals surface area contributed by atoms with E-state index in [1.54, 1.807) is 11.8 Å². The second-order valence-corrected chi connectivity index (χ2v) is 8.79. The van der Waals surface area contributed by atoms with Crippen LogP contribution in [0.1, 0.15) is 22.4 Å². The highest BCUT2D eigenvalue weighted by Gasteiger charge is 2.35. The van der Waals surface area contributed by atoms with Crippen LogP contribution in [-0.4, -0.2) is 22.3 Å². The van der Waals surface area contributed by atoms with Gasteiger partial charge in [0.2, 0.25) is 0 Å². The third-order valence-electron chi connectivity index (χ3n) is 5.16. The minimum absolute atomic E-state index is 0.452. The molecule has 0 bridgehead atoms. The van der Waals surface area contributed by atoms with Crippen molar-refractivity contribution in [3.05, 3.63) is 119 Å². The van der Waals surface area contributed by atoms with Crippen LogP contribution in [0.3, 0.4) is 0 Å². The summed E-state index contributed by atoms with van der Waals surface area (Å²) in [5.74, 6) is 0.838. The van der Waals surface area contributed by atoms with Crippen molar-refractivity contribution < 1.29 is 0 Å². The van der Waals surface area contributed by atoms with Crippen LogP contribution in [-0.2, 0) is 5.54 Å². The summed E-state index contributed by atoms with van der Waals surface area (Å²) >= 11 is 6.02. The Bertz CT molecular complexity index is 986. The van der Waals surface area contributed by atoms with Crippen LogP contribution in [0, 0.1) is 6.92 Å². The summed E-state index contributed by atoms with van der Waals surface area (Å²) < 4.78 is 0. The van der Waals surface area contributed by atoms with Crippen LogP contribution in [0.2, 0.25) is 0 Å². The van der Waals surface area contributed by atoms with Gasteiger partial charge in [-0.3, -0.25) is 5.32 Å². The highest BCUT2D eigenvalue weighted by atomic mass is 32.2. The van der Waals surface area contributed by atoms with Crippen molar-refractivity contribution in [3.8, 4) is 0 Å². The largest absolute Gasteiger partial charge is 0.299 e. The van der Waals surface area contributed by atoms with E-state index in [9.17, 15) is 0 Å². The van der Waals surface area contributed by atoms with Crippen LogP contribution < -0.4 is 5.32 Å². The van der Waals surface area contributed by atoms with E-state index < -0.39 is 5.54 Å². The molecule has 0 unspecified atom stereocenters. The van der Waals surface area contributed by atoms with E-state index in [1.807, 2.05) is 13.0 Å². The number of nitrogens with one attached hydrogen (secondary N) is 1. The third kappa shape index (κ3) is 5.01. The molecule has 0 atom stereocenters. The van der Waals surface area contributed by atoms with Gasteiger partial charge < -0.3 is 0 Å². The van der Waals surface area contributed by atoms with Gasteiger partial charge in [-0.2, -0.15) is 0 Å². The summed E-state index contributed by atoms with van der Waals surface area (Å²) in [4.78, 5) is 8.95. The molecule has 3 nitrogen and oxygen atoms in total. The lowest BCUT2D eigenvalue weighted by Crippen LogP contribution is -2.45. The number of nitrogens with zero attached hydrogens (tertiary/aromatic N) is 2. The third-order valence-corrected chi connectivity index (χ3v) is 6.24. The molecule has 0 aliphatic heterocycles. The minimum atomic E-state index is -0.452. The molecular formula is C26H25N3S2. The molecule has 0 saturated heterocycles. The van der Waals surface area contributed by atoms with E-state index >= 15 is 0 Å². The number of aromatic nitrogens is 2. The highest BCUT2D eigenvalue weighted by Crippen LogP contribution is 2.36.